The van der Waals surface area contributed by atoms with Gasteiger partial charge in [0.15, 0.2) is 5.43 Å². The van der Waals surface area contributed by atoms with Gasteiger partial charge in [-0.2, -0.15) is 0 Å². The van der Waals surface area contributed by atoms with Crippen molar-refractivity contribution >= 4 is 45.9 Å². The summed E-state index contributed by atoms with van der Waals surface area (Å²) in [5.74, 6) is 0.0951. The molecular weight excluding hydrogens is 375 g/mol. The Labute approximate surface area is 158 Å². The molecule has 0 atom stereocenters. The van der Waals surface area contributed by atoms with Gasteiger partial charge in [-0.1, -0.05) is 17.7 Å². The van der Waals surface area contributed by atoms with Gasteiger partial charge in [0.05, 0.1) is 5.75 Å². The molecule has 0 unspecified atom stereocenters. The summed E-state index contributed by atoms with van der Waals surface area (Å²) < 4.78 is 13.2. The fraction of sp³-hybridized carbons (Fsp3) is 0.158. The molecule has 2 N–H and O–H groups in total. The van der Waals surface area contributed by atoms with E-state index in [4.69, 9.17) is 11.6 Å². The van der Waals surface area contributed by atoms with Gasteiger partial charge in [-0.25, -0.2) is 4.39 Å². The minimum atomic E-state index is -0.446. The number of pyridine rings is 1. The van der Waals surface area contributed by atoms with Crippen LogP contribution in [0.2, 0.25) is 5.02 Å². The minimum absolute atomic E-state index is 0.153. The second kappa shape index (κ2) is 7.93. The zero-order chi connectivity index (χ0) is 18.7. The largest absolute Gasteiger partial charge is 0.357 e. The molecule has 4 nitrogen and oxygen atoms in total. The van der Waals surface area contributed by atoms with Crippen LogP contribution >= 0.6 is 23.4 Å². The Kier molecular flexibility index (Phi) is 5.64. The number of carbonyl (C=O) groups is 1. The normalized spacial score (nSPS) is 10.9. The Morgan fingerprint density at radius 1 is 1.23 bits per heavy atom. The van der Waals surface area contributed by atoms with Crippen molar-refractivity contribution in [2.24, 2.45) is 0 Å². The van der Waals surface area contributed by atoms with Crippen LogP contribution in [0.1, 0.15) is 11.3 Å². The molecule has 1 heterocycles. The predicted molar refractivity (Wildman–Crippen MR) is 106 cm³/mol. The van der Waals surface area contributed by atoms with E-state index >= 15 is 0 Å². The first-order valence-electron chi connectivity index (χ1n) is 7.87. The van der Waals surface area contributed by atoms with E-state index in [2.05, 4.69) is 10.3 Å². The minimum Gasteiger partial charge on any atom is -0.357 e. The van der Waals surface area contributed by atoms with Crippen LogP contribution in [0.5, 0.6) is 0 Å². The number of carbonyl (C=O) groups excluding carboxylic acids is 1. The van der Waals surface area contributed by atoms with Crippen LogP contribution in [0, 0.1) is 12.7 Å². The van der Waals surface area contributed by atoms with E-state index in [0.717, 1.165) is 5.56 Å². The maximum Gasteiger partial charge on any atom is 0.234 e. The van der Waals surface area contributed by atoms with Gasteiger partial charge in [0.1, 0.15) is 5.82 Å². The number of aromatic amines is 1. The highest BCUT2D eigenvalue weighted by molar-refractivity contribution is 7.99. The van der Waals surface area contributed by atoms with Crippen molar-refractivity contribution in [2.45, 2.75) is 12.7 Å². The topological polar surface area (TPSA) is 62.0 Å². The summed E-state index contributed by atoms with van der Waals surface area (Å²) >= 11 is 7.41. The van der Waals surface area contributed by atoms with Gasteiger partial charge in [0.2, 0.25) is 5.91 Å². The Hall–Kier alpha value is -2.31. The van der Waals surface area contributed by atoms with E-state index < -0.39 is 5.82 Å². The fourth-order valence-electron chi connectivity index (χ4n) is 2.47. The van der Waals surface area contributed by atoms with Gasteiger partial charge >= 0.3 is 0 Å². The van der Waals surface area contributed by atoms with Crippen LogP contribution in [0.4, 0.5) is 10.1 Å². The molecule has 26 heavy (non-hydrogen) atoms. The molecule has 1 aromatic heterocycles. The summed E-state index contributed by atoms with van der Waals surface area (Å²) in [6, 6.07) is 10.8. The number of fused-ring (bicyclic) bond motifs is 1. The van der Waals surface area contributed by atoms with Gasteiger partial charge in [-0.05, 0) is 42.8 Å². The number of benzene rings is 2. The van der Waals surface area contributed by atoms with Crippen molar-refractivity contribution in [3.8, 4) is 0 Å². The lowest BCUT2D eigenvalue weighted by Gasteiger charge is -2.07. The fourth-order valence-corrected chi connectivity index (χ4v) is 3.39. The number of aromatic nitrogens is 1. The molecular formula is C19H16ClFN2O2S. The maximum atomic E-state index is 13.2. The third-order valence-electron chi connectivity index (χ3n) is 3.79. The lowest BCUT2D eigenvalue weighted by Crippen LogP contribution is -2.14. The van der Waals surface area contributed by atoms with Crippen LogP contribution in [0.25, 0.3) is 10.9 Å². The summed E-state index contributed by atoms with van der Waals surface area (Å²) in [6.07, 6.45) is 0. The molecule has 2 aromatic carbocycles. The quantitative estimate of drug-likeness (QED) is 0.674. The summed E-state index contributed by atoms with van der Waals surface area (Å²) in [5, 5.41) is 3.70. The number of nitrogens with one attached hydrogen (secondary N) is 2. The van der Waals surface area contributed by atoms with Gasteiger partial charge in [-0.15, -0.1) is 11.8 Å². The van der Waals surface area contributed by atoms with E-state index in [1.165, 1.54) is 36.0 Å². The average molecular weight is 391 g/mol. The first kappa shape index (κ1) is 18.5. The molecule has 0 radical (unpaired) electrons. The SMILES string of the molecule is Cc1ccc(NC(=O)CSCc2cc(=O)c3cc(F)ccc3[nH]2)cc1Cl. The highest BCUT2D eigenvalue weighted by Crippen LogP contribution is 2.20. The summed E-state index contributed by atoms with van der Waals surface area (Å²) in [6.45, 7) is 1.89. The first-order valence-corrected chi connectivity index (χ1v) is 9.41. The molecule has 0 aliphatic carbocycles. The van der Waals surface area contributed by atoms with E-state index in [1.807, 2.05) is 13.0 Å². The number of hydrogen-bond acceptors (Lipinski definition) is 3. The van der Waals surface area contributed by atoms with Crippen molar-refractivity contribution < 1.29 is 9.18 Å². The molecule has 7 heteroatoms. The molecule has 0 saturated heterocycles. The van der Waals surface area contributed by atoms with Crippen LogP contribution in [0.3, 0.4) is 0 Å². The second-order valence-corrected chi connectivity index (χ2v) is 7.25. The molecule has 0 spiro atoms. The molecule has 0 saturated carbocycles. The number of hydrogen-bond donors (Lipinski definition) is 2. The molecule has 134 valence electrons. The number of anilines is 1. The van der Waals surface area contributed by atoms with Crippen LogP contribution in [0.15, 0.2) is 47.3 Å². The Morgan fingerprint density at radius 2 is 2.04 bits per heavy atom. The van der Waals surface area contributed by atoms with E-state index in [-0.39, 0.29) is 17.1 Å². The number of halogens is 2. The summed E-state index contributed by atoms with van der Waals surface area (Å²) in [7, 11) is 0. The lowest BCUT2D eigenvalue weighted by molar-refractivity contribution is -0.113. The van der Waals surface area contributed by atoms with Crippen molar-refractivity contribution in [3.63, 3.8) is 0 Å². The van der Waals surface area contributed by atoms with E-state index in [1.54, 1.807) is 12.1 Å². The molecule has 0 bridgehead atoms. The van der Waals surface area contributed by atoms with Crippen LogP contribution in [-0.2, 0) is 10.5 Å². The Balaban J connectivity index is 1.60. The number of H-pyrrole nitrogens is 1. The zero-order valence-electron chi connectivity index (χ0n) is 13.9. The Morgan fingerprint density at radius 3 is 2.81 bits per heavy atom. The molecule has 3 aromatic rings. The number of rotatable bonds is 5. The molecule has 1 amide bonds. The van der Waals surface area contributed by atoms with Crippen LogP contribution < -0.4 is 10.7 Å². The second-order valence-electron chi connectivity index (χ2n) is 5.85. The summed E-state index contributed by atoms with van der Waals surface area (Å²) in [5.41, 5.74) is 2.61. The van der Waals surface area contributed by atoms with E-state index in [9.17, 15) is 14.0 Å². The molecule has 0 fully saturated rings. The monoisotopic (exact) mass is 390 g/mol. The van der Waals surface area contributed by atoms with E-state index in [0.29, 0.717) is 33.1 Å². The third kappa shape index (κ3) is 4.45. The highest BCUT2D eigenvalue weighted by Gasteiger charge is 2.07. The lowest BCUT2D eigenvalue weighted by atomic mass is 10.2. The van der Waals surface area contributed by atoms with Crippen molar-refractivity contribution in [1.82, 2.24) is 4.98 Å². The van der Waals surface area contributed by atoms with Gasteiger partial charge in [0, 0.05) is 39.1 Å². The summed E-state index contributed by atoms with van der Waals surface area (Å²) in [4.78, 5) is 27.2. The third-order valence-corrected chi connectivity index (χ3v) is 5.18. The van der Waals surface area contributed by atoms with Crippen molar-refractivity contribution in [2.75, 3.05) is 11.1 Å². The highest BCUT2D eigenvalue weighted by atomic mass is 35.5. The standard InChI is InChI=1S/C19H16ClFN2O2S/c1-11-2-4-13(7-16(11)20)23-19(25)10-26-9-14-8-18(24)15-6-12(21)3-5-17(15)22-14/h2-8H,9-10H2,1H3,(H,22,24)(H,23,25). The van der Waals surface area contributed by atoms with Crippen molar-refractivity contribution in [3.05, 3.63) is 74.8 Å². The zero-order valence-corrected chi connectivity index (χ0v) is 15.5. The first-order chi connectivity index (χ1) is 12.4. The van der Waals surface area contributed by atoms with Crippen LogP contribution in [-0.4, -0.2) is 16.6 Å². The number of thioether (sulfide) groups is 1. The Bertz CT molecular complexity index is 1040. The molecule has 0 aliphatic heterocycles. The number of aryl methyl sites for hydroxylation is 1. The van der Waals surface area contributed by atoms with Gasteiger partial charge in [-0.3, -0.25) is 9.59 Å². The van der Waals surface area contributed by atoms with Gasteiger partial charge in [0.25, 0.3) is 0 Å². The van der Waals surface area contributed by atoms with Gasteiger partial charge < -0.3 is 10.3 Å². The number of amides is 1. The van der Waals surface area contributed by atoms with Crippen molar-refractivity contribution in [1.29, 1.82) is 0 Å². The molecule has 3 rings (SSSR count). The maximum absolute atomic E-state index is 13.2. The molecule has 0 aliphatic rings. The smallest absolute Gasteiger partial charge is 0.234 e. The predicted octanol–water partition coefficient (Wildman–Crippen LogP) is 4.50. The average Bonchev–Trinajstić information content (AvgIpc) is 2.59.